The number of thioether (sulfide) groups is 2. The number of nitrogens with one attached hydrogen (secondary N) is 1. The number of β-lactam (4-membered cyclic amide) rings is 1. The van der Waals surface area contributed by atoms with Gasteiger partial charge in [-0.25, -0.2) is 4.79 Å². The molecule has 11 nitrogen and oxygen atoms in total. The standard InChI is InChI=1S/C20H27N3O8S2/c1-12(24)30-9-13-10-33-19-20(31-15(26)11-32-2,18(29)23(19)16(13)17(27)28)21-14(25)8-22-6-4-3-5-7-22/h19H,3-11H2,1-2H3,(H,21,25)(H,27,28)/t19-,20-/m1/s1. The molecule has 0 bridgehead atoms. The number of carbonyl (C=O) groups excluding carboxylic acids is 4. The monoisotopic (exact) mass is 501 g/mol. The minimum absolute atomic E-state index is 0.0340. The molecule has 0 radical (unpaired) electrons. The van der Waals surface area contributed by atoms with E-state index in [1.54, 1.807) is 6.26 Å². The van der Waals surface area contributed by atoms with E-state index in [1.807, 2.05) is 4.90 Å². The average Bonchev–Trinajstić information content (AvgIpc) is 2.76. The molecule has 0 aromatic carbocycles. The zero-order valence-electron chi connectivity index (χ0n) is 18.5. The molecule has 2 N–H and O–H groups in total. The highest BCUT2D eigenvalue weighted by atomic mass is 32.2. The van der Waals surface area contributed by atoms with Crippen molar-refractivity contribution < 1.29 is 38.6 Å². The van der Waals surface area contributed by atoms with Crippen molar-refractivity contribution in [3.05, 3.63) is 11.3 Å². The second-order valence-electron chi connectivity index (χ2n) is 7.90. The summed E-state index contributed by atoms with van der Waals surface area (Å²) in [7, 11) is 0. The third kappa shape index (κ3) is 5.46. The highest BCUT2D eigenvalue weighted by Crippen LogP contribution is 2.47. The predicted molar refractivity (Wildman–Crippen MR) is 120 cm³/mol. The second-order valence-corrected chi connectivity index (χ2v) is 9.84. The van der Waals surface area contributed by atoms with Crippen molar-refractivity contribution in [2.45, 2.75) is 37.3 Å². The maximum atomic E-state index is 13.3. The molecule has 2 saturated heterocycles. The molecular weight excluding hydrogens is 474 g/mol. The highest BCUT2D eigenvalue weighted by molar-refractivity contribution is 8.00. The van der Waals surface area contributed by atoms with Crippen LogP contribution in [0.4, 0.5) is 0 Å². The van der Waals surface area contributed by atoms with E-state index < -0.39 is 40.8 Å². The van der Waals surface area contributed by atoms with Gasteiger partial charge in [0.1, 0.15) is 12.3 Å². The van der Waals surface area contributed by atoms with Gasteiger partial charge in [-0.1, -0.05) is 6.42 Å². The molecule has 0 unspecified atom stereocenters. The Morgan fingerprint density at radius 1 is 1.24 bits per heavy atom. The lowest BCUT2D eigenvalue weighted by Crippen LogP contribution is -2.81. The molecule has 2 atom stereocenters. The number of likely N-dealkylation sites (tertiary alicyclic amines) is 1. The Morgan fingerprint density at radius 2 is 1.94 bits per heavy atom. The molecule has 3 aliphatic heterocycles. The van der Waals surface area contributed by atoms with E-state index >= 15 is 0 Å². The fraction of sp³-hybridized carbons (Fsp3) is 0.650. The van der Waals surface area contributed by atoms with Gasteiger partial charge in [0.15, 0.2) is 5.37 Å². The molecule has 0 aromatic rings. The largest absolute Gasteiger partial charge is 0.477 e. The maximum absolute atomic E-state index is 13.3. The molecule has 0 spiro atoms. The van der Waals surface area contributed by atoms with Crippen LogP contribution in [0.25, 0.3) is 0 Å². The minimum Gasteiger partial charge on any atom is -0.477 e. The predicted octanol–water partition coefficient (Wildman–Crippen LogP) is 0.00790. The van der Waals surface area contributed by atoms with Crippen molar-refractivity contribution in [1.82, 2.24) is 15.1 Å². The maximum Gasteiger partial charge on any atom is 0.352 e. The third-order valence-corrected chi connectivity index (χ3v) is 7.34. The van der Waals surface area contributed by atoms with Crippen molar-refractivity contribution in [1.29, 1.82) is 0 Å². The first-order valence-corrected chi connectivity index (χ1v) is 12.9. The van der Waals surface area contributed by atoms with Crippen molar-refractivity contribution in [2.24, 2.45) is 0 Å². The molecule has 33 heavy (non-hydrogen) atoms. The van der Waals surface area contributed by atoms with Crippen molar-refractivity contribution in [2.75, 3.05) is 44.0 Å². The van der Waals surface area contributed by atoms with Gasteiger partial charge in [0.2, 0.25) is 5.91 Å². The Balaban J connectivity index is 1.84. The highest BCUT2D eigenvalue weighted by Gasteiger charge is 2.68. The minimum atomic E-state index is -1.99. The smallest absolute Gasteiger partial charge is 0.352 e. The lowest BCUT2D eigenvalue weighted by Gasteiger charge is -2.55. The normalized spacial score (nSPS) is 25.1. The third-order valence-electron chi connectivity index (χ3n) is 5.44. The summed E-state index contributed by atoms with van der Waals surface area (Å²) >= 11 is 2.33. The van der Waals surface area contributed by atoms with Crippen LogP contribution >= 0.6 is 23.5 Å². The number of nitrogens with zero attached hydrogens (tertiary/aromatic N) is 2. The van der Waals surface area contributed by atoms with Crippen molar-refractivity contribution in [3.8, 4) is 0 Å². The topological polar surface area (TPSA) is 143 Å². The van der Waals surface area contributed by atoms with Gasteiger partial charge in [-0.2, -0.15) is 11.8 Å². The molecule has 182 valence electrons. The number of esters is 2. The first-order valence-electron chi connectivity index (χ1n) is 10.5. The number of hydrogen-bond acceptors (Lipinski definition) is 10. The molecule has 13 heteroatoms. The molecule has 0 aliphatic carbocycles. The summed E-state index contributed by atoms with van der Waals surface area (Å²) < 4.78 is 10.4. The Kier molecular flexibility index (Phi) is 8.29. The van der Waals surface area contributed by atoms with E-state index in [2.05, 4.69) is 5.32 Å². The Hall–Kier alpha value is -2.25. The Labute approximate surface area is 199 Å². The van der Waals surface area contributed by atoms with Gasteiger partial charge in [0, 0.05) is 18.2 Å². The summed E-state index contributed by atoms with van der Waals surface area (Å²) in [6.45, 7) is 2.49. The van der Waals surface area contributed by atoms with Gasteiger partial charge in [0.05, 0.1) is 12.3 Å². The van der Waals surface area contributed by atoms with Crippen molar-refractivity contribution in [3.63, 3.8) is 0 Å². The van der Waals surface area contributed by atoms with Crippen LogP contribution in [0.15, 0.2) is 11.3 Å². The van der Waals surface area contributed by atoms with Gasteiger partial charge in [-0.15, -0.1) is 11.8 Å². The Bertz CT molecular complexity index is 873. The lowest BCUT2D eigenvalue weighted by molar-refractivity contribution is -0.202. The van der Waals surface area contributed by atoms with Crippen LogP contribution in [-0.2, 0) is 33.4 Å². The Morgan fingerprint density at radius 3 is 2.55 bits per heavy atom. The average molecular weight is 502 g/mol. The number of hydrogen-bond donors (Lipinski definition) is 2. The number of carbonyl (C=O) groups is 5. The number of piperidine rings is 1. The number of amides is 2. The molecule has 2 amide bonds. The van der Waals surface area contributed by atoms with Gasteiger partial charge in [-0.05, 0) is 32.2 Å². The van der Waals surface area contributed by atoms with Crippen molar-refractivity contribution >= 4 is 53.2 Å². The number of carboxylic acid groups (broad SMARTS) is 1. The summed E-state index contributed by atoms with van der Waals surface area (Å²) in [6.07, 6.45) is 4.74. The van der Waals surface area contributed by atoms with Crippen LogP contribution < -0.4 is 5.32 Å². The first kappa shape index (κ1) is 25.4. The molecule has 0 aromatic heterocycles. The summed E-state index contributed by atoms with van der Waals surface area (Å²) in [5, 5.41) is 11.4. The molecule has 3 rings (SSSR count). The van der Waals surface area contributed by atoms with Crippen LogP contribution in [0.1, 0.15) is 26.2 Å². The van der Waals surface area contributed by atoms with Gasteiger partial charge in [-0.3, -0.25) is 29.0 Å². The molecule has 3 heterocycles. The summed E-state index contributed by atoms with van der Waals surface area (Å²) in [6, 6.07) is 0. The SMILES string of the molecule is CSCC(=O)O[C@]1(NC(=O)CN2CCCCC2)C(=O)N2C(C(=O)O)=C(COC(C)=O)CS[C@@H]21. The number of ether oxygens (including phenoxy) is 2. The number of fused-ring (bicyclic) bond motifs is 1. The molecule has 3 aliphatic rings. The van der Waals surface area contributed by atoms with E-state index in [4.69, 9.17) is 9.47 Å². The van der Waals surface area contributed by atoms with E-state index in [-0.39, 0.29) is 35.9 Å². The second kappa shape index (κ2) is 10.8. The zero-order chi connectivity index (χ0) is 24.2. The fourth-order valence-electron chi connectivity index (χ4n) is 4.02. The van der Waals surface area contributed by atoms with Gasteiger partial charge < -0.3 is 19.9 Å². The number of carboxylic acids is 1. The van der Waals surface area contributed by atoms with Crippen LogP contribution in [0.2, 0.25) is 0 Å². The number of aliphatic carboxylic acids is 1. The van der Waals surface area contributed by atoms with Crippen LogP contribution in [0.3, 0.4) is 0 Å². The quantitative estimate of drug-likeness (QED) is 0.250. The fourth-order valence-corrected chi connectivity index (χ4v) is 5.68. The lowest BCUT2D eigenvalue weighted by atomic mass is 9.98. The van der Waals surface area contributed by atoms with Crippen LogP contribution in [0.5, 0.6) is 0 Å². The van der Waals surface area contributed by atoms with Gasteiger partial charge >= 0.3 is 17.9 Å². The van der Waals surface area contributed by atoms with E-state index in [1.165, 1.54) is 18.7 Å². The summed E-state index contributed by atoms with van der Waals surface area (Å²) in [5.74, 6) is -3.89. The molecule has 2 fully saturated rings. The van der Waals surface area contributed by atoms with Crippen LogP contribution in [0, 0.1) is 0 Å². The number of rotatable bonds is 9. The molecule has 0 saturated carbocycles. The molecular formula is C20H27N3O8S2. The summed E-state index contributed by atoms with van der Waals surface area (Å²) in [4.78, 5) is 64.5. The van der Waals surface area contributed by atoms with E-state index in [0.717, 1.165) is 49.0 Å². The zero-order valence-corrected chi connectivity index (χ0v) is 20.1. The van der Waals surface area contributed by atoms with E-state index in [9.17, 15) is 29.1 Å². The van der Waals surface area contributed by atoms with E-state index in [0.29, 0.717) is 0 Å². The van der Waals surface area contributed by atoms with Gasteiger partial charge in [0.25, 0.3) is 11.6 Å². The van der Waals surface area contributed by atoms with Crippen LogP contribution in [-0.4, -0.2) is 99.7 Å². The summed E-state index contributed by atoms with van der Waals surface area (Å²) in [5.41, 5.74) is -2.07. The first-order chi connectivity index (χ1) is 15.7.